The van der Waals surface area contributed by atoms with Gasteiger partial charge in [-0.25, -0.2) is 4.79 Å². The lowest BCUT2D eigenvalue weighted by Crippen LogP contribution is -2.42. The SMILES string of the molecule is COC(=O)NC(Cc1ccccc1)C(=O)CBr. The Kier molecular flexibility index (Phi) is 5.69. The van der Waals surface area contributed by atoms with Crippen LogP contribution in [0.1, 0.15) is 5.56 Å². The zero-order valence-electron chi connectivity index (χ0n) is 9.48. The second kappa shape index (κ2) is 7.06. The number of carbonyl (C=O) groups is 2. The summed E-state index contributed by atoms with van der Waals surface area (Å²) in [5.41, 5.74) is 0.989. The molecule has 0 radical (unpaired) electrons. The molecular formula is C12H14BrNO3. The van der Waals surface area contributed by atoms with Crippen molar-refractivity contribution in [3.05, 3.63) is 35.9 Å². The molecule has 0 saturated heterocycles. The minimum Gasteiger partial charge on any atom is -0.453 e. The van der Waals surface area contributed by atoms with E-state index in [9.17, 15) is 9.59 Å². The maximum Gasteiger partial charge on any atom is 0.407 e. The molecule has 0 spiro atoms. The normalized spacial score (nSPS) is 11.6. The summed E-state index contributed by atoms with van der Waals surface area (Å²) < 4.78 is 4.50. The highest BCUT2D eigenvalue weighted by atomic mass is 79.9. The minimum atomic E-state index is -0.597. The summed E-state index contributed by atoms with van der Waals surface area (Å²) in [6.45, 7) is 0. The molecule has 4 nitrogen and oxygen atoms in total. The molecule has 0 saturated carbocycles. The fourth-order valence-corrected chi connectivity index (χ4v) is 1.78. The third-order valence-corrected chi connectivity index (χ3v) is 2.83. The molecule has 1 rings (SSSR count). The van der Waals surface area contributed by atoms with E-state index in [4.69, 9.17) is 0 Å². The smallest absolute Gasteiger partial charge is 0.407 e. The van der Waals surface area contributed by atoms with Gasteiger partial charge in [-0.1, -0.05) is 46.3 Å². The van der Waals surface area contributed by atoms with E-state index >= 15 is 0 Å². The fraction of sp³-hybridized carbons (Fsp3) is 0.333. The van der Waals surface area contributed by atoms with Gasteiger partial charge in [0.15, 0.2) is 5.78 Å². The first-order valence-electron chi connectivity index (χ1n) is 5.14. The Balaban J connectivity index is 2.70. The van der Waals surface area contributed by atoms with Gasteiger partial charge in [0.25, 0.3) is 0 Å². The van der Waals surface area contributed by atoms with Crippen LogP contribution in [0.4, 0.5) is 4.79 Å². The fourth-order valence-electron chi connectivity index (χ4n) is 1.39. The lowest BCUT2D eigenvalue weighted by atomic mass is 10.0. The van der Waals surface area contributed by atoms with Gasteiger partial charge in [-0.3, -0.25) is 4.79 Å². The van der Waals surface area contributed by atoms with Crippen molar-refractivity contribution in [2.45, 2.75) is 12.5 Å². The maximum absolute atomic E-state index is 11.7. The maximum atomic E-state index is 11.7. The Morgan fingerprint density at radius 2 is 2.00 bits per heavy atom. The summed E-state index contributed by atoms with van der Waals surface area (Å²) in [6.07, 6.45) is -0.138. The molecule has 1 aromatic rings. The lowest BCUT2D eigenvalue weighted by Gasteiger charge is -2.15. The number of methoxy groups -OCH3 is 1. The van der Waals surface area contributed by atoms with Crippen LogP contribution in [0.2, 0.25) is 0 Å². The molecule has 0 bridgehead atoms. The van der Waals surface area contributed by atoms with Crippen LogP contribution >= 0.6 is 15.9 Å². The standard InChI is InChI=1S/C12H14BrNO3/c1-17-12(16)14-10(11(15)8-13)7-9-5-3-2-4-6-9/h2-6,10H,7-8H2,1H3,(H,14,16). The van der Waals surface area contributed by atoms with Crippen LogP contribution in [-0.4, -0.2) is 30.4 Å². The largest absolute Gasteiger partial charge is 0.453 e. The molecule has 0 aliphatic heterocycles. The molecule has 1 aromatic carbocycles. The summed E-state index contributed by atoms with van der Waals surface area (Å²) in [4.78, 5) is 22.8. The number of nitrogens with one attached hydrogen (secondary N) is 1. The number of alkyl carbamates (subject to hydrolysis) is 1. The van der Waals surface area contributed by atoms with Crippen molar-refractivity contribution in [2.24, 2.45) is 0 Å². The van der Waals surface area contributed by atoms with Crippen molar-refractivity contribution in [2.75, 3.05) is 12.4 Å². The van der Waals surface area contributed by atoms with Gasteiger partial charge in [0.2, 0.25) is 0 Å². The van der Waals surface area contributed by atoms with E-state index in [0.717, 1.165) is 5.56 Å². The number of Topliss-reactive ketones (excluding diaryl/α,β-unsaturated/α-hetero) is 1. The third-order valence-electron chi connectivity index (χ3n) is 2.28. The Morgan fingerprint density at radius 3 is 2.53 bits per heavy atom. The Morgan fingerprint density at radius 1 is 1.35 bits per heavy atom. The number of halogens is 1. The number of alkyl halides is 1. The molecule has 1 amide bonds. The zero-order valence-corrected chi connectivity index (χ0v) is 11.1. The third kappa shape index (κ3) is 4.56. The Hall–Kier alpha value is -1.36. The highest BCUT2D eigenvalue weighted by molar-refractivity contribution is 9.09. The van der Waals surface area contributed by atoms with Gasteiger partial charge in [-0.15, -0.1) is 0 Å². The predicted octanol–water partition coefficient (Wildman–Crippen LogP) is 1.92. The quantitative estimate of drug-likeness (QED) is 0.845. The Bertz CT molecular complexity index is 381. The number of amides is 1. The molecule has 1 atom stereocenters. The van der Waals surface area contributed by atoms with E-state index < -0.39 is 12.1 Å². The topological polar surface area (TPSA) is 55.4 Å². The number of benzene rings is 1. The van der Waals surface area contributed by atoms with Gasteiger partial charge in [0.1, 0.15) is 0 Å². The van der Waals surface area contributed by atoms with Crippen LogP contribution < -0.4 is 5.32 Å². The first-order valence-corrected chi connectivity index (χ1v) is 6.26. The van der Waals surface area contributed by atoms with E-state index in [1.807, 2.05) is 30.3 Å². The van der Waals surface area contributed by atoms with E-state index in [2.05, 4.69) is 26.0 Å². The average molecular weight is 300 g/mol. The van der Waals surface area contributed by atoms with Crippen molar-refractivity contribution < 1.29 is 14.3 Å². The number of hydrogen-bond acceptors (Lipinski definition) is 3. The van der Waals surface area contributed by atoms with E-state index in [-0.39, 0.29) is 11.1 Å². The zero-order chi connectivity index (χ0) is 12.7. The minimum absolute atomic E-state index is 0.0840. The molecule has 5 heteroatoms. The summed E-state index contributed by atoms with van der Waals surface area (Å²) in [6, 6.07) is 8.94. The molecule has 0 heterocycles. The number of rotatable bonds is 5. The summed E-state index contributed by atoms with van der Waals surface area (Å²) >= 11 is 3.10. The van der Waals surface area contributed by atoms with Crippen molar-refractivity contribution in [3.63, 3.8) is 0 Å². The van der Waals surface area contributed by atoms with Gasteiger partial charge in [-0.05, 0) is 12.0 Å². The van der Waals surface area contributed by atoms with Crippen LogP contribution in [0.3, 0.4) is 0 Å². The van der Waals surface area contributed by atoms with Crippen LogP contribution in [0, 0.1) is 0 Å². The summed E-state index contributed by atoms with van der Waals surface area (Å²) in [5.74, 6) is -0.0840. The first-order chi connectivity index (χ1) is 8.17. The molecule has 0 aliphatic carbocycles. The van der Waals surface area contributed by atoms with Gasteiger partial charge >= 0.3 is 6.09 Å². The van der Waals surface area contributed by atoms with Crippen molar-refractivity contribution in [1.29, 1.82) is 0 Å². The van der Waals surface area contributed by atoms with Crippen LogP contribution in [0.15, 0.2) is 30.3 Å². The van der Waals surface area contributed by atoms with Gasteiger partial charge in [0, 0.05) is 0 Å². The molecule has 0 aliphatic rings. The van der Waals surface area contributed by atoms with Crippen LogP contribution in [0.5, 0.6) is 0 Å². The molecule has 0 aromatic heterocycles. The average Bonchev–Trinajstić information content (AvgIpc) is 2.38. The monoisotopic (exact) mass is 299 g/mol. The molecule has 1 unspecified atom stereocenters. The highest BCUT2D eigenvalue weighted by Crippen LogP contribution is 2.05. The first kappa shape index (κ1) is 13.7. The summed E-state index contributed by atoms with van der Waals surface area (Å²) in [7, 11) is 1.27. The highest BCUT2D eigenvalue weighted by Gasteiger charge is 2.20. The van der Waals surface area contributed by atoms with E-state index in [0.29, 0.717) is 6.42 Å². The second-order valence-corrected chi connectivity index (χ2v) is 4.04. The Labute approximate surface area is 108 Å². The van der Waals surface area contributed by atoms with Gasteiger partial charge in [-0.2, -0.15) is 0 Å². The van der Waals surface area contributed by atoms with Gasteiger partial charge in [0.05, 0.1) is 18.5 Å². The predicted molar refractivity (Wildman–Crippen MR) is 68.3 cm³/mol. The van der Waals surface area contributed by atoms with E-state index in [1.54, 1.807) is 0 Å². The van der Waals surface area contributed by atoms with E-state index in [1.165, 1.54) is 7.11 Å². The lowest BCUT2D eigenvalue weighted by molar-refractivity contribution is -0.118. The molecule has 92 valence electrons. The van der Waals surface area contributed by atoms with Crippen molar-refractivity contribution in [1.82, 2.24) is 5.32 Å². The number of ether oxygens (including phenoxy) is 1. The number of ketones is 1. The molecule has 17 heavy (non-hydrogen) atoms. The number of hydrogen-bond donors (Lipinski definition) is 1. The molecular weight excluding hydrogens is 286 g/mol. The van der Waals surface area contributed by atoms with Gasteiger partial charge < -0.3 is 10.1 Å². The second-order valence-electron chi connectivity index (χ2n) is 3.48. The van der Waals surface area contributed by atoms with Crippen molar-refractivity contribution >= 4 is 27.8 Å². The molecule has 0 fully saturated rings. The molecule has 1 N–H and O–H groups in total. The van der Waals surface area contributed by atoms with Crippen LogP contribution in [-0.2, 0) is 16.0 Å². The summed E-state index contributed by atoms with van der Waals surface area (Å²) in [5, 5.41) is 2.73. The number of carbonyl (C=O) groups excluding carboxylic acids is 2. The van der Waals surface area contributed by atoms with Crippen molar-refractivity contribution in [3.8, 4) is 0 Å². The van der Waals surface area contributed by atoms with Crippen LogP contribution in [0.25, 0.3) is 0 Å².